The summed E-state index contributed by atoms with van der Waals surface area (Å²) < 4.78 is 11.5. The Kier molecular flexibility index (Phi) is 4.18. The summed E-state index contributed by atoms with van der Waals surface area (Å²) in [5.74, 6) is 0.749. The van der Waals surface area contributed by atoms with Crippen LogP contribution in [-0.4, -0.2) is 59.2 Å². The molecule has 2 aliphatic rings. The number of morpholine rings is 1. The van der Waals surface area contributed by atoms with E-state index < -0.39 is 0 Å². The van der Waals surface area contributed by atoms with Crippen LogP contribution < -0.4 is 5.32 Å². The number of fused-ring (bicyclic) bond motifs is 4. The molecule has 3 aromatic rings. The van der Waals surface area contributed by atoms with Gasteiger partial charge in [0.15, 0.2) is 11.4 Å². The van der Waals surface area contributed by atoms with E-state index in [2.05, 4.69) is 26.3 Å². The first-order valence-electron chi connectivity index (χ1n) is 9.48. The minimum Gasteiger partial charge on any atom is -0.432 e. The summed E-state index contributed by atoms with van der Waals surface area (Å²) in [5.41, 5.74) is 4.76. The first-order chi connectivity index (χ1) is 12.9. The number of pyridine rings is 1. The number of furan rings is 1. The van der Waals surface area contributed by atoms with Crippen LogP contribution >= 0.6 is 0 Å². The summed E-state index contributed by atoms with van der Waals surface area (Å²) in [6, 6.07) is 2.22. The number of hydrogen-bond acceptors (Lipinski definition) is 7. The largest absolute Gasteiger partial charge is 0.432 e. The molecular formula is C19H23N5O2. The van der Waals surface area contributed by atoms with Gasteiger partial charge in [0, 0.05) is 31.9 Å². The van der Waals surface area contributed by atoms with E-state index in [9.17, 15) is 0 Å². The van der Waals surface area contributed by atoms with Crippen molar-refractivity contribution in [1.82, 2.24) is 19.9 Å². The standard InChI is InChI=1S/C19H23N5O2/c1-2-4-15-13(3-1)11-14-16-17(26-19(14)23-15)18(22-12-21-16)20-5-6-24-7-9-25-10-8-24/h11-12H,1-10H2,(H,20,21,22). The number of nitrogens with zero attached hydrogens (tertiary/aromatic N) is 4. The molecule has 5 rings (SSSR count). The SMILES string of the molecule is c1nc(NCCN2CCOCC2)c2oc3nc4c(cc3c2n1)CCCC4. The van der Waals surface area contributed by atoms with Crippen molar-refractivity contribution in [2.75, 3.05) is 44.7 Å². The lowest BCUT2D eigenvalue weighted by Gasteiger charge is -2.26. The predicted molar refractivity (Wildman–Crippen MR) is 99.5 cm³/mol. The van der Waals surface area contributed by atoms with Crippen LogP contribution in [0, 0.1) is 0 Å². The van der Waals surface area contributed by atoms with Crippen LogP contribution in [0.2, 0.25) is 0 Å². The third-order valence-corrected chi connectivity index (χ3v) is 5.35. The van der Waals surface area contributed by atoms with E-state index in [1.807, 2.05) is 0 Å². The molecule has 4 heterocycles. The molecule has 0 aromatic carbocycles. The van der Waals surface area contributed by atoms with Gasteiger partial charge >= 0.3 is 0 Å². The molecule has 1 N–H and O–H groups in total. The number of hydrogen-bond donors (Lipinski definition) is 1. The molecule has 1 saturated heterocycles. The maximum absolute atomic E-state index is 6.06. The Labute approximate surface area is 151 Å². The lowest BCUT2D eigenvalue weighted by molar-refractivity contribution is 0.0398. The summed E-state index contributed by atoms with van der Waals surface area (Å²) in [6.07, 6.45) is 6.19. The highest BCUT2D eigenvalue weighted by atomic mass is 16.5. The molecule has 26 heavy (non-hydrogen) atoms. The molecule has 0 unspecified atom stereocenters. The van der Waals surface area contributed by atoms with Crippen molar-refractivity contribution < 1.29 is 9.15 Å². The Balaban J connectivity index is 1.42. The highest BCUT2D eigenvalue weighted by Crippen LogP contribution is 2.32. The Hall–Kier alpha value is -2.25. The molecule has 0 spiro atoms. The van der Waals surface area contributed by atoms with E-state index in [1.54, 1.807) is 6.33 Å². The predicted octanol–water partition coefficient (Wildman–Crippen LogP) is 2.39. The third-order valence-electron chi connectivity index (χ3n) is 5.35. The fraction of sp³-hybridized carbons (Fsp3) is 0.526. The normalized spacial score (nSPS) is 18.3. The van der Waals surface area contributed by atoms with E-state index in [0.717, 1.165) is 69.0 Å². The van der Waals surface area contributed by atoms with Gasteiger partial charge in [-0.05, 0) is 37.3 Å². The highest BCUT2D eigenvalue weighted by molar-refractivity contribution is 6.04. The fourth-order valence-corrected chi connectivity index (χ4v) is 3.90. The second-order valence-electron chi connectivity index (χ2n) is 7.04. The summed E-state index contributed by atoms with van der Waals surface area (Å²) in [6.45, 7) is 5.38. The minimum atomic E-state index is 0.678. The molecule has 0 saturated carbocycles. The smallest absolute Gasteiger partial charge is 0.229 e. The average molecular weight is 353 g/mol. The number of nitrogens with one attached hydrogen (secondary N) is 1. The molecule has 3 aromatic heterocycles. The van der Waals surface area contributed by atoms with E-state index in [-0.39, 0.29) is 0 Å². The Morgan fingerprint density at radius 3 is 2.92 bits per heavy atom. The zero-order valence-corrected chi connectivity index (χ0v) is 14.8. The molecule has 1 aliphatic heterocycles. The number of ether oxygens (including phenoxy) is 1. The van der Waals surface area contributed by atoms with Gasteiger partial charge in [-0.15, -0.1) is 0 Å². The molecule has 1 fully saturated rings. The molecule has 7 nitrogen and oxygen atoms in total. The average Bonchev–Trinajstić information content (AvgIpc) is 3.05. The van der Waals surface area contributed by atoms with Crippen LogP contribution in [0.4, 0.5) is 5.82 Å². The number of anilines is 1. The van der Waals surface area contributed by atoms with Gasteiger partial charge in [0.05, 0.1) is 18.6 Å². The maximum atomic E-state index is 6.06. The monoisotopic (exact) mass is 353 g/mol. The third kappa shape index (κ3) is 2.91. The second kappa shape index (κ2) is 6.81. The Morgan fingerprint density at radius 2 is 2.00 bits per heavy atom. The first kappa shape index (κ1) is 16.0. The molecule has 136 valence electrons. The van der Waals surface area contributed by atoms with E-state index in [1.165, 1.54) is 24.1 Å². The number of rotatable bonds is 4. The Morgan fingerprint density at radius 1 is 1.12 bits per heavy atom. The quantitative estimate of drug-likeness (QED) is 0.772. The molecule has 7 heteroatoms. The Bertz CT molecular complexity index is 932. The van der Waals surface area contributed by atoms with Crippen molar-refractivity contribution in [3.8, 4) is 0 Å². The van der Waals surface area contributed by atoms with Crippen LogP contribution in [0.1, 0.15) is 24.1 Å². The molecule has 0 radical (unpaired) electrons. The van der Waals surface area contributed by atoms with Gasteiger partial charge in [-0.1, -0.05) is 0 Å². The highest BCUT2D eigenvalue weighted by Gasteiger charge is 2.19. The van der Waals surface area contributed by atoms with Crippen molar-refractivity contribution in [3.63, 3.8) is 0 Å². The van der Waals surface area contributed by atoms with E-state index >= 15 is 0 Å². The number of aromatic nitrogens is 3. The summed E-state index contributed by atoms with van der Waals surface area (Å²) >= 11 is 0. The van der Waals surface area contributed by atoms with E-state index in [0.29, 0.717) is 11.3 Å². The molecule has 0 bridgehead atoms. The lowest BCUT2D eigenvalue weighted by atomic mass is 9.95. The van der Waals surface area contributed by atoms with Crippen molar-refractivity contribution >= 4 is 28.0 Å². The number of aryl methyl sites for hydroxylation is 2. The van der Waals surface area contributed by atoms with Crippen LogP contribution in [0.5, 0.6) is 0 Å². The van der Waals surface area contributed by atoms with Gasteiger partial charge in [-0.25, -0.2) is 15.0 Å². The summed E-state index contributed by atoms with van der Waals surface area (Å²) in [4.78, 5) is 16.0. The zero-order chi connectivity index (χ0) is 17.3. The van der Waals surface area contributed by atoms with E-state index in [4.69, 9.17) is 14.1 Å². The topological polar surface area (TPSA) is 76.3 Å². The fourth-order valence-electron chi connectivity index (χ4n) is 3.90. The van der Waals surface area contributed by atoms with Crippen molar-refractivity contribution in [2.24, 2.45) is 0 Å². The van der Waals surface area contributed by atoms with Crippen molar-refractivity contribution in [2.45, 2.75) is 25.7 Å². The van der Waals surface area contributed by atoms with Gasteiger partial charge in [0.2, 0.25) is 5.71 Å². The summed E-state index contributed by atoms with van der Waals surface area (Å²) in [7, 11) is 0. The second-order valence-corrected chi connectivity index (χ2v) is 7.04. The lowest BCUT2D eigenvalue weighted by Crippen LogP contribution is -2.39. The molecule has 1 aliphatic carbocycles. The first-order valence-corrected chi connectivity index (χ1v) is 9.48. The van der Waals surface area contributed by atoms with Gasteiger partial charge in [0.1, 0.15) is 11.8 Å². The molecule has 0 atom stereocenters. The summed E-state index contributed by atoms with van der Waals surface area (Å²) in [5, 5.41) is 4.41. The zero-order valence-electron chi connectivity index (χ0n) is 14.8. The van der Waals surface area contributed by atoms with Gasteiger partial charge in [-0.3, -0.25) is 4.90 Å². The van der Waals surface area contributed by atoms with Crippen molar-refractivity contribution in [1.29, 1.82) is 0 Å². The molecular weight excluding hydrogens is 330 g/mol. The van der Waals surface area contributed by atoms with Crippen molar-refractivity contribution in [3.05, 3.63) is 23.7 Å². The van der Waals surface area contributed by atoms with Crippen LogP contribution in [0.15, 0.2) is 16.8 Å². The van der Waals surface area contributed by atoms with Crippen LogP contribution in [-0.2, 0) is 17.6 Å². The van der Waals surface area contributed by atoms with Crippen LogP contribution in [0.25, 0.3) is 22.2 Å². The maximum Gasteiger partial charge on any atom is 0.229 e. The van der Waals surface area contributed by atoms with Gasteiger partial charge < -0.3 is 14.5 Å². The van der Waals surface area contributed by atoms with Gasteiger partial charge in [-0.2, -0.15) is 0 Å². The van der Waals surface area contributed by atoms with Gasteiger partial charge in [0.25, 0.3) is 0 Å². The van der Waals surface area contributed by atoms with Crippen LogP contribution in [0.3, 0.4) is 0 Å². The molecule has 0 amide bonds. The minimum absolute atomic E-state index is 0.678.